The normalized spacial score (nSPS) is 24.4. The van der Waals surface area contributed by atoms with Crippen molar-refractivity contribution in [2.45, 2.75) is 38.4 Å². The molecule has 0 unspecified atom stereocenters. The van der Waals surface area contributed by atoms with Crippen LogP contribution in [0.1, 0.15) is 25.5 Å². The third-order valence-corrected chi connectivity index (χ3v) is 4.46. The minimum Gasteiger partial charge on any atom is -0.467 e. The molecule has 2 atom stereocenters. The summed E-state index contributed by atoms with van der Waals surface area (Å²) >= 11 is 0. The second-order valence-electron chi connectivity index (χ2n) is 6.45. The molecule has 1 saturated heterocycles. The van der Waals surface area contributed by atoms with Crippen LogP contribution in [0.4, 0.5) is 4.79 Å². The van der Waals surface area contributed by atoms with Gasteiger partial charge in [-0.2, -0.15) is 0 Å². The van der Waals surface area contributed by atoms with E-state index in [0.29, 0.717) is 18.2 Å². The summed E-state index contributed by atoms with van der Waals surface area (Å²) in [4.78, 5) is 26.1. The number of urea groups is 1. The summed E-state index contributed by atoms with van der Waals surface area (Å²) in [5.41, 5.74) is 0. The van der Waals surface area contributed by atoms with Gasteiger partial charge in [0.15, 0.2) is 0 Å². The predicted molar refractivity (Wildman–Crippen MR) is 84.6 cm³/mol. The van der Waals surface area contributed by atoms with Crippen LogP contribution >= 0.6 is 0 Å². The number of hydrogen-bond acceptors (Lipinski definition) is 4. The lowest BCUT2D eigenvalue weighted by Gasteiger charge is -2.17. The zero-order chi connectivity index (χ0) is 16.2. The van der Waals surface area contributed by atoms with Crippen LogP contribution < -0.4 is 16.0 Å². The summed E-state index contributed by atoms with van der Waals surface area (Å²) < 4.78 is 5.12. The molecule has 126 valence electrons. The van der Waals surface area contributed by atoms with Crippen molar-refractivity contribution in [1.29, 1.82) is 0 Å². The van der Waals surface area contributed by atoms with Crippen molar-refractivity contribution in [3.05, 3.63) is 24.2 Å². The fraction of sp³-hybridized carbons (Fsp3) is 0.625. The third kappa shape index (κ3) is 4.48. The molecule has 1 aliphatic heterocycles. The highest BCUT2D eigenvalue weighted by Crippen LogP contribution is 2.31. The van der Waals surface area contributed by atoms with Gasteiger partial charge in [-0.3, -0.25) is 9.69 Å². The van der Waals surface area contributed by atoms with Crippen LogP contribution in [0.2, 0.25) is 0 Å². The van der Waals surface area contributed by atoms with Gasteiger partial charge < -0.3 is 20.4 Å². The van der Waals surface area contributed by atoms with Crippen LogP contribution in [0.3, 0.4) is 0 Å². The Kier molecular flexibility index (Phi) is 4.85. The molecule has 1 aromatic heterocycles. The molecule has 3 amide bonds. The maximum absolute atomic E-state index is 12.0. The van der Waals surface area contributed by atoms with Crippen LogP contribution in [0.5, 0.6) is 0 Å². The molecule has 7 nitrogen and oxygen atoms in total. The molecule has 23 heavy (non-hydrogen) atoms. The van der Waals surface area contributed by atoms with Crippen LogP contribution in [0.25, 0.3) is 0 Å². The van der Waals surface area contributed by atoms with Crippen molar-refractivity contribution >= 4 is 11.9 Å². The van der Waals surface area contributed by atoms with Gasteiger partial charge in [0.05, 0.1) is 19.4 Å². The van der Waals surface area contributed by atoms with Gasteiger partial charge in [-0.05, 0) is 30.9 Å². The molecule has 3 N–H and O–H groups in total. The van der Waals surface area contributed by atoms with Gasteiger partial charge in [-0.15, -0.1) is 0 Å². The Balaban J connectivity index is 1.33. The number of likely N-dealkylation sites (tertiary alicyclic amines) is 1. The van der Waals surface area contributed by atoms with Gasteiger partial charge in [-0.25, -0.2) is 4.79 Å². The molecule has 0 radical (unpaired) electrons. The molecule has 2 aliphatic rings. The summed E-state index contributed by atoms with van der Waals surface area (Å²) in [6, 6.07) is 4.06. The lowest BCUT2D eigenvalue weighted by Crippen LogP contribution is -2.46. The van der Waals surface area contributed by atoms with Gasteiger partial charge in [0, 0.05) is 25.2 Å². The number of hydrogen-bond donors (Lipinski definition) is 3. The minimum atomic E-state index is -0.379. The highest BCUT2D eigenvalue weighted by atomic mass is 16.3. The largest absolute Gasteiger partial charge is 0.467 e. The van der Waals surface area contributed by atoms with Crippen LogP contribution in [0, 0.1) is 5.92 Å². The van der Waals surface area contributed by atoms with Crippen LogP contribution in [0.15, 0.2) is 22.8 Å². The molecule has 1 saturated carbocycles. The Morgan fingerprint density at radius 1 is 1.30 bits per heavy atom. The number of carbonyl (C=O) groups excluding carboxylic acids is 2. The van der Waals surface area contributed by atoms with E-state index >= 15 is 0 Å². The van der Waals surface area contributed by atoms with Crippen LogP contribution in [-0.2, 0) is 11.3 Å². The van der Waals surface area contributed by atoms with E-state index in [2.05, 4.69) is 27.8 Å². The van der Waals surface area contributed by atoms with Gasteiger partial charge in [0.25, 0.3) is 0 Å². The maximum Gasteiger partial charge on any atom is 0.315 e. The van der Waals surface area contributed by atoms with Crippen molar-refractivity contribution in [2.24, 2.45) is 5.92 Å². The molecule has 2 heterocycles. The topological polar surface area (TPSA) is 86.6 Å². The first-order valence-electron chi connectivity index (χ1n) is 8.19. The number of nitrogens with zero attached hydrogens (tertiary/aromatic N) is 1. The van der Waals surface area contributed by atoms with Crippen molar-refractivity contribution in [1.82, 2.24) is 20.9 Å². The second-order valence-corrected chi connectivity index (χ2v) is 6.45. The zero-order valence-corrected chi connectivity index (χ0v) is 13.4. The number of amides is 3. The molecule has 1 aromatic rings. The number of rotatable bonds is 6. The lowest BCUT2D eigenvalue weighted by atomic mass is 10.1. The van der Waals surface area contributed by atoms with Gasteiger partial charge >= 0.3 is 6.03 Å². The quantitative estimate of drug-likeness (QED) is 0.719. The fourth-order valence-corrected chi connectivity index (χ4v) is 2.99. The van der Waals surface area contributed by atoms with E-state index in [1.807, 2.05) is 0 Å². The SMILES string of the molecule is C[C@@H]1CN(C2CC2)C[C@H]1NC(=O)CNC(=O)NCc1ccco1. The monoisotopic (exact) mass is 320 g/mol. The van der Waals surface area contributed by atoms with E-state index in [-0.39, 0.29) is 24.5 Å². The summed E-state index contributed by atoms with van der Waals surface area (Å²) in [6.07, 6.45) is 4.12. The summed E-state index contributed by atoms with van der Waals surface area (Å²) in [7, 11) is 0. The summed E-state index contributed by atoms with van der Waals surface area (Å²) in [5, 5.41) is 8.23. The standard InChI is InChI=1S/C16H24N4O3/c1-11-9-20(12-4-5-12)10-14(11)19-15(21)8-18-16(22)17-7-13-3-2-6-23-13/h2-3,6,11-12,14H,4-5,7-10H2,1H3,(H,19,21)(H2,17,18,22)/t11-,14-/m1/s1. The van der Waals surface area contributed by atoms with Gasteiger partial charge in [0.2, 0.25) is 5.91 Å². The number of carbonyl (C=O) groups is 2. The molecule has 1 aliphatic carbocycles. The lowest BCUT2D eigenvalue weighted by molar-refractivity contribution is -0.120. The summed E-state index contributed by atoms with van der Waals surface area (Å²) in [5.74, 6) is 0.976. The smallest absolute Gasteiger partial charge is 0.315 e. The summed E-state index contributed by atoms with van der Waals surface area (Å²) in [6.45, 7) is 4.42. The van der Waals surface area contributed by atoms with Gasteiger partial charge in [0.1, 0.15) is 5.76 Å². The Morgan fingerprint density at radius 2 is 2.13 bits per heavy atom. The van der Waals surface area contributed by atoms with E-state index in [1.54, 1.807) is 18.4 Å². The third-order valence-electron chi connectivity index (χ3n) is 4.46. The molecular weight excluding hydrogens is 296 g/mol. The highest BCUT2D eigenvalue weighted by molar-refractivity contribution is 5.84. The average molecular weight is 320 g/mol. The predicted octanol–water partition coefficient (Wildman–Crippen LogP) is 0.678. The molecule has 2 fully saturated rings. The maximum atomic E-state index is 12.0. The van der Waals surface area contributed by atoms with Crippen LogP contribution in [-0.4, -0.2) is 48.6 Å². The molecular formula is C16H24N4O3. The average Bonchev–Trinajstić information content (AvgIpc) is 3.13. The molecule has 0 spiro atoms. The van der Waals surface area contributed by atoms with Crippen molar-refractivity contribution in [3.63, 3.8) is 0 Å². The van der Waals surface area contributed by atoms with E-state index in [9.17, 15) is 9.59 Å². The highest BCUT2D eigenvalue weighted by Gasteiger charge is 2.38. The van der Waals surface area contributed by atoms with Crippen molar-refractivity contribution < 1.29 is 14.0 Å². The molecule has 0 bridgehead atoms. The van der Waals surface area contributed by atoms with E-state index in [4.69, 9.17) is 4.42 Å². The second kappa shape index (κ2) is 7.04. The van der Waals surface area contributed by atoms with E-state index in [1.165, 1.54) is 12.8 Å². The first-order chi connectivity index (χ1) is 11.1. The molecule has 7 heteroatoms. The van der Waals surface area contributed by atoms with Crippen molar-refractivity contribution in [3.8, 4) is 0 Å². The Morgan fingerprint density at radius 3 is 2.83 bits per heavy atom. The molecule has 0 aromatic carbocycles. The number of nitrogens with one attached hydrogen (secondary N) is 3. The first-order valence-corrected chi connectivity index (χ1v) is 8.19. The zero-order valence-electron chi connectivity index (χ0n) is 13.4. The van der Waals surface area contributed by atoms with Crippen molar-refractivity contribution in [2.75, 3.05) is 19.6 Å². The fourth-order valence-electron chi connectivity index (χ4n) is 2.99. The van der Waals surface area contributed by atoms with E-state index in [0.717, 1.165) is 19.1 Å². The Labute approximate surface area is 135 Å². The Bertz CT molecular complexity index is 542. The number of furan rings is 1. The Hall–Kier alpha value is -2.02. The first kappa shape index (κ1) is 15.9. The van der Waals surface area contributed by atoms with E-state index < -0.39 is 0 Å². The molecule has 3 rings (SSSR count). The minimum absolute atomic E-state index is 0.0172. The van der Waals surface area contributed by atoms with Gasteiger partial charge in [-0.1, -0.05) is 6.92 Å².